The molecule has 1 unspecified atom stereocenters. The van der Waals surface area contributed by atoms with Crippen LogP contribution in [0, 0.1) is 5.92 Å². The summed E-state index contributed by atoms with van der Waals surface area (Å²) in [5.74, 6) is 0.736. The Hall–Kier alpha value is -0.840. The fourth-order valence-electron chi connectivity index (χ4n) is 2.97. The van der Waals surface area contributed by atoms with E-state index >= 15 is 0 Å². The van der Waals surface area contributed by atoms with Gasteiger partial charge in [-0.25, -0.2) is 0 Å². The summed E-state index contributed by atoms with van der Waals surface area (Å²) in [6.45, 7) is 3.27. The fourth-order valence-corrected chi connectivity index (χ4v) is 3.09. The first kappa shape index (κ1) is 21.2. The number of halogens is 3. The van der Waals surface area contributed by atoms with Gasteiger partial charge in [0.25, 0.3) is 0 Å². The normalized spacial score (nSPS) is 15.9. The lowest BCUT2D eigenvalue weighted by Gasteiger charge is -2.26. The number of pyridine rings is 1. The summed E-state index contributed by atoms with van der Waals surface area (Å²) in [5, 5.41) is 7.89. The molecule has 1 aliphatic rings. The highest BCUT2D eigenvalue weighted by atomic mass is 35.5. The number of hydrogen-bond donors (Lipinski definition) is 2. The van der Waals surface area contributed by atoms with Crippen LogP contribution in [-0.4, -0.2) is 24.6 Å². The van der Waals surface area contributed by atoms with Crippen molar-refractivity contribution in [3.63, 3.8) is 0 Å². The van der Waals surface area contributed by atoms with Crippen LogP contribution in [0.25, 0.3) is 0 Å². The molecule has 2 N–H and O–H groups in total. The molecule has 0 saturated carbocycles. The van der Waals surface area contributed by atoms with Gasteiger partial charge >= 0.3 is 0 Å². The first-order valence-corrected chi connectivity index (χ1v) is 8.31. The molecule has 1 aliphatic heterocycles. The van der Waals surface area contributed by atoms with Gasteiger partial charge in [0.15, 0.2) is 0 Å². The smallest absolute Gasteiger partial charge is 0.0751 e. The summed E-state index contributed by atoms with van der Waals surface area (Å²) in [7, 11) is 0. The van der Waals surface area contributed by atoms with Crippen molar-refractivity contribution < 1.29 is 0 Å². The minimum absolute atomic E-state index is 0. The summed E-state index contributed by atoms with van der Waals surface area (Å²) >= 11 is 6.02. The third-order valence-corrected chi connectivity index (χ3v) is 4.51. The van der Waals surface area contributed by atoms with Crippen LogP contribution in [0.3, 0.4) is 0 Å². The molecule has 0 radical (unpaired) electrons. The zero-order valence-corrected chi connectivity index (χ0v) is 15.8. The molecule has 2 heterocycles. The lowest BCUT2D eigenvalue weighted by Crippen LogP contribution is -2.35. The first-order valence-electron chi connectivity index (χ1n) is 7.93. The van der Waals surface area contributed by atoms with Crippen LogP contribution >= 0.6 is 36.4 Å². The molecule has 1 fully saturated rings. The van der Waals surface area contributed by atoms with Gasteiger partial charge in [0.1, 0.15) is 0 Å². The van der Waals surface area contributed by atoms with E-state index < -0.39 is 0 Å². The predicted molar refractivity (Wildman–Crippen MR) is 106 cm³/mol. The van der Waals surface area contributed by atoms with Crippen LogP contribution in [0.5, 0.6) is 0 Å². The number of nitrogens with zero attached hydrogens (tertiary/aromatic N) is 1. The van der Waals surface area contributed by atoms with E-state index in [1.54, 1.807) is 0 Å². The summed E-state index contributed by atoms with van der Waals surface area (Å²) in [4.78, 5) is 4.53. The highest BCUT2D eigenvalue weighted by Crippen LogP contribution is 2.23. The van der Waals surface area contributed by atoms with Gasteiger partial charge in [-0.15, -0.1) is 24.8 Å². The Morgan fingerprint density at radius 3 is 2.42 bits per heavy atom. The van der Waals surface area contributed by atoms with E-state index in [1.165, 1.54) is 18.4 Å². The Kier molecular flexibility index (Phi) is 9.64. The van der Waals surface area contributed by atoms with Crippen LogP contribution in [0.1, 0.15) is 30.1 Å². The monoisotopic (exact) mass is 387 g/mol. The molecule has 132 valence electrons. The maximum atomic E-state index is 6.02. The van der Waals surface area contributed by atoms with Gasteiger partial charge in [-0.2, -0.15) is 0 Å². The Balaban J connectivity index is 0.00000144. The molecular weight excluding hydrogens is 365 g/mol. The molecule has 1 atom stereocenters. The van der Waals surface area contributed by atoms with Gasteiger partial charge in [0.05, 0.1) is 11.7 Å². The van der Waals surface area contributed by atoms with E-state index in [0.717, 1.165) is 36.3 Å². The second-order valence-corrected chi connectivity index (χ2v) is 6.28. The zero-order valence-electron chi connectivity index (χ0n) is 13.5. The lowest BCUT2D eigenvalue weighted by atomic mass is 9.96. The standard InChI is InChI=1S/C18H22ClN3.2ClH/c19-16-6-4-15(5-7-16)18(17-3-1-2-10-21-17)22-13-14-8-11-20-12-9-14;;/h1-7,10,14,18,20,22H,8-9,11-13H2;2*1H. The highest BCUT2D eigenvalue weighted by Gasteiger charge is 2.18. The fraction of sp³-hybridized carbons (Fsp3) is 0.389. The molecule has 1 aromatic heterocycles. The molecule has 24 heavy (non-hydrogen) atoms. The number of aromatic nitrogens is 1. The minimum Gasteiger partial charge on any atom is -0.317 e. The topological polar surface area (TPSA) is 37.0 Å². The van der Waals surface area contributed by atoms with Crippen LogP contribution in [-0.2, 0) is 0 Å². The summed E-state index contributed by atoms with van der Waals surface area (Å²) in [6.07, 6.45) is 4.33. The number of hydrogen-bond acceptors (Lipinski definition) is 3. The van der Waals surface area contributed by atoms with Gasteiger partial charge in [-0.1, -0.05) is 29.8 Å². The molecule has 2 aromatic rings. The van der Waals surface area contributed by atoms with Gasteiger partial charge in [-0.3, -0.25) is 4.98 Å². The van der Waals surface area contributed by atoms with E-state index in [2.05, 4.69) is 33.8 Å². The third kappa shape index (κ3) is 5.91. The molecular formula is C18H24Cl3N3. The highest BCUT2D eigenvalue weighted by molar-refractivity contribution is 6.30. The van der Waals surface area contributed by atoms with Crippen LogP contribution < -0.4 is 10.6 Å². The van der Waals surface area contributed by atoms with E-state index in [0.29, 0.717) is 0 Å². The maximum absolute atomic E-state index is 6.02. The summed E-state index contributed by atoms with van der Waals surface area (Å²) < 4.78 is 0. The molecule has 0 bridgehead atoms. The van der Waals surface area contributed by atoms with Crippen LogP contribution in [0.15, 0.2) is 48.7 Å². The van der Waals surface area contributed by atoms with E-state index in [4.69, 9.17) is 11.6 Å². The maximum Gasteiger partial charge on any atom is 0.0751 e. The largest absolute Gasteiger partial charge is 0.317 e. The van der Waals surface area contributed by atoms with Gasteiger partial charge in [0.2, 0.25) is 0 Å². The third-order valence-electron chi connectivity index (χ3n) is 4.26. The van der Waals surface area contributed by atoms with Gasteiger partial charge in [-0.05, 0) is 68.2 Å². The molecule has 1 saturated heterocycles. The number of piperidine rings is 1. The molecule has 0 amide bonds. The van der Waals surface area contributed by atoms with Crippen molar-refractivity contribution in [1.29, 1.82) is 0 Å². The van der Waals surface area contributed by atoms with Gasteiger partial charge in [0, 0.05) is 11.2 Å². The average molecular weight is 389 g/mol. The Labute approximate surface area is 161 Å². The summed E-state index contributed by atoms with van der Waals surface area (Å²) in [5.41, 5.74) is 2.26. The Morgan fingerprint density at radius 1 is 1.08 bits per heavy atom. The minimum atomic E-state index is 0. The second-order valence-electron chi connectivity index (χ2n) is 5.84. The molecule has 1 aromatic carbocycles. The molecule has 0 spiro atoms. The zero-order chi connectivity index (χ0) is 15.2. The van der Waals surface area contributed by atoms with Crippen molar-refractivity contribution in [2.45, 2.75) is 18.9 Å². The van der Waals surface area contributed by atoms with Crippen molar-refractivity contribution >= 4 is 36.4 Å². The number of benzene rings is 1. The number of rotatable bonds is 5. The lowest BCUT2D eigenvalue weighted by molar-refractivity contribution is 0.347. The van der Waals surface area contributed by atoms with E-state index in [9.17, 15) is 0 Å². The molecule has 6 heteroatoms. The predicted octanol–water partition coefficient (Wildman–Crippen LogP) is 4.26. The summed E-state index contributed by atoms with van der Waals surface area (Å²) in [6, 6.07) is 14.2. The molecule has 3 nitrogen and oxygen atoms in total. The van der Waals surface area contributed by atoms with Crippen molar-refractivity contribution in [3.05, 3.63) is 64.9 Å². The SMILES string of the molecule is Cl.Cl.Clc1ccc(C(NCC2CCNCC2)c2ccccn2)cc1. The molecule has 3 rings (SSSR count). The van der Waals surface area contributed by atoms with Crippen molar-refractivity contribution in [2.75, 3.05) is 19.6 Å². The van der Waals surface area contributed by atoms with Crippen LogP contribution in [0.2, 0.25) is 5.02 Å². The van der Waals surface area contributed by atoms with Crippen molar-refractivity contribution in [3.8, 4) is 0 Å². The quantitative estimate of drug-likeness (QED) is 0.803. The van der Waals surface area contributed by atoms with E-state index in [1.807, 2.05) is 30.5 Å². The van der Waals surface area contributed by atoms with E-state index in [-0.39, 0.29) is 30.9 Å². The van der Waals surface area contributed by atoms with Crippen molar-refractivity contribution in [2.24, 2.45) is 5.92 Å². The average Bonchev–Trinajstić information content (AvgIpc) is 2.58. The first-order chi connectivity index (χ1) is 10.8. The van der Waals surface area contributed by atoms with Gasteiger partial charge < -0.3 is 10.6 Å². The molecule has 0 aliphatic carbocycles. The van der Waals surface area contributed by atoms with Crippen LogP contribution in [0.4, 0.5) is 0 Å². The Morgan fingerprint density at radius 2 is 1.79 bits per heavy atom. The number of nitrogens with one attached hydrogen (secondary N) is 2. The van der Waals surface area contributed by atoms with Crippen molar-refractivity contribution in [1.82, 2.24) is 15.6 Å². The Bertz CT molecular complexity index is 572. The second kappa shape index (κ2) is 10.9.